The maximum absolute atomic E-state index is 13.5. The second-order valence-corrected chi connectivity index (χ2v) is 14.8. The molecule has 0 bridgehead atoms. The Morgan fingerprint density at radius 1 is 1.33 bits per heavy atom. The van der Waals surface area contributed by atoms with Crippen molar-refractivity contribution >= 4 is 50.5 Å². The van der Waals surface area contributed by atoms with Crippen LogP contribution >= 0.6 is 11.3 Å². The summed E-state index contributed by atoms with van der Waals surface area (Å²) in [6, 6.07) is 2.54. The number of nitrogens with zero attached hydrogens (tertiary/aromatic N) is 3. The number of aliphatic imine (C=N–C) groups is 1. The molecule has 1 saturated heterocycles. The third kappa shape index (κ3) is 7.79. The molecule has 1 unspecified atom stereocenters. The zero-order valence-corrected chi connectivity index (χ0v) is 28.6. The van der Waals surface area contributed by atoms with Gasteiger partial charge in [0.25, 0.3) is 5.91 Å². The molecule has 6 atom stereocenters. The number of aromatic nitrogens is 1. The van der Waals surface area contributed by atoms with Crippen LogP contribution < -0.4 is 32.7 Å². The fraction of sp³-hybridized carbons (Fsp3) is 0.552. The number of nitrogen functional groups attached to an aromatic ring is 1. The van der Waals surface area contributed by atoms with E-state index in [1.807, 2.05) is 6.07 Å². The Morgan fingerprint density at radius 3 is 2.67 bits per heavy atom. The van der Waals surface area contributed by atoms with Crippen molar-refractivity contribution in [2.45, 2.75) is 75.8 Å². The molecular formula is C29H40N8O10S2. The molecular weight excluding hydrogens is 684 g/mol. The molecule has 1 saturated carbocycles. The average Bonchev–Trinajstić information content (AvgIpc) is 3.65. The summed E-state index contributed by atoms with van der Waals surface area (Å²) >= 11 is 1.01. The van der Waals surface area contributed by atoms with Gasteiger partial charge in [0.05, 0.1) is 11.2 Å². The number of ether oxygens (including phenoxy) is 1. The molecule has 20 heteroatoms. The lowest BCUT2D eigenvalue weighted by atomic mass is 9.84. The number of aryl methyl sites for hydroxylation is 1. The van der Waals surface area contributed by atoms with Crippen LogP contribution in [0.3, 0.4) is 0 Å². The number of hydroxylamine groups is 3. The molecule has 3 heterocycles. The molecule has 0 spiro atoms. The zero-order valence-electron chi connectivity index (χ0n) is 27.0. The summed E-state index contributed by atoms with van der Waals surface area (Å²) in [6.45, 7) is 5.36. The topological polar surface area (TPSA) is 284 Å². The number of β-lactam (4-membered cyclic amide) rings is 1. The normalized spacial score (nSPS) is 25.0. The van der Waals surface area contributed by atoms with Gasteiger partial charge in [-0.1, -0.05) is 0 Å². The second kappa shape index (κ2) is 13.8. The summed E-state index contributed by atoms with van der Waals surface area (Å²) in [5.41, 5.74) is 18.3. The van der Waals surface area contributed by atoms with E-state index in [1.54, 1.807) is 12.1 Å². The lowest BCUT2D eigenvalue weighted by Crippen LogP contribution is -2.77. The Bertz CT molecular complexity index is 1750. The van der Waals surface area contributed by atoms with Gasteiger partial charge in [0.15, 0.2) is 11.2 Å². The molecule has 1 aliphatic carbocycles. The fourth-order valence-corrected chi connectivity index (χ4v) is 6.94. The predicted molar refractivity (Wildman–Crippen MR) is 175 cm³/mol. The van der Waals surface area contributed by atoms with Crippen LogP contribution in [0.25, 0.3) is 0 Å². The number of carbonyl (C=O) groups is 3. The Kier molecular flexibility index (Phi) is 10.2. The van der Waals surface area contributed by atoms with Gasteiger partial charge in [-0.25, -0.2) is 9.78 Å². The number of nitrogens with two attached hydrogens (primary N) is 3. The van der Waals surface area contributed by atoms with Crippen LogP contribution in [0.2, 0.25) is 0 Å². The Labute approximate surface area is 286 Å². The molecule has 1 aromatic heterocycles. The first kappa shape index (κ1) is 36.4. The van der Waals surface area contributed by atoms with Crippen molar-refractivity contribution in [3.63, 3.8) is 0 Å². The number of aliphatic carboxylic acids is 1. The molecule has 49 heavy (non-hydrogen) atoms. The first-order chi connectivity index (χ1) is 22.9. The van der Waals surface area contributed by atoms with Gasteiger partial charge in [0.1, 0.15) is 23.7 Å². The molecule has 10 N–H and O–H groups in total. The minimum absolute atomic E-state index is 0.0571. The van der Waals surface area contributed by atoms with E-state index >= 15 is 0 Å². The molecule has 0 radical (unpaired) electrons. The predicted octanol–water partition coefficient (Wildman–Crippen LogP) is 0.0549. The van der Waals surface area contributed by atoms with Crippen LogP contribution in [0.5, 0.6) is 5.75 Å². The Morgan fingerprint density at radius 2 is 2.06 bits per heavy atom. The summed E-state index contributed by atoms with van der Waals surface area (Å²) in [6.07, 6.45) is 1.73. The summed E-state index contributed by atoms with van der Waals surface area (Å²) < 4.78 is 41.8. The first-order valence-corrected chi connectivity index (χ1v) is 17.7. The van der Waals surface area contributed by atoms with E-state index < -0.39 is 57.5 Å². The standard InChI is InChI=1S/C29H40N8O10S2/c1-28(2)22(25(39)37(28)47-49(42,43)44)35-24(38)21(18-13-48-27(32)34-18)36-46-29(3,26(40)41)20-7-5-15-11-16(4-6-19(15)45-20)23(31)33-12-17-10-14(17)8-9-30/h4,6,11,13-14,17,20-22,36H,5,7-10,12,30H2,1-3H3,(H2,31,33)(H2,32,34)(H,35,38)(H,40,41)(H,42,43,44)/t14-,17+,20-,21?,22-,29+/m1/s1. The van der Waals surface area contributed by atoms with Crippen LogP contribution in [0.1, 0.15) is 62.9 Å². The number of anilines is 1. The third-order valence-electron chi connectivity index (χ3n) is 9.06. The first-order valence-electron chi connectivity index (χ1n) is 15.4. The molecule has 1 aromatic carbocycles. The molecule has 18 nitrogen and oxygen atoms in total. The maximum Gasteiger partial charge on any atom is 0.418 e. The van der Waals surface area contributed by atoms with Crippen molar-refractivity contribution in [1.29, 1.82) is 0 Å². The highest BCUT2D eigenvalue weighted by atomic mass is 32.3. The van der Waals surface area contributed by atoms with E-state index in [9.17, 15) is 27.9 Å². The molecule has 2 aliphatic heterocycles. The third-order valence-corrected chi connectivity index (χ3v) is 10.1. The van der Waals surface area contributed by atoms with Crippen LogP contribution in [0.4, 0.5) is 5.13 Å². The van der Waals surface area contributed by atoms with Crippen molar-refractivity contribution in [1.82, 2.24) is 20.8 Å². The number of nitrogens with one attached hydrogen (secondary N) is 2. The number of benzene rings is 1. The largest absolute Gasteiger partial charge is 0.486 e. The summed E-state index contributed by atoms with van der Waals surface area (Å²) in [7, 11) is -5.02. The lowest BCUT2D eigenvalue weighted by molar-refractivity contribution is -0.219. The Balaban J connectivity index is 1.27. The van der Waals surface area contributed by atoms with Crippen LogP contribution in [0, 0.1) is 11.8 Å². The van der Waals surface area contributed by atoms with E-state index in [-0.39, 0.29) is 17.2 Å². The van der Waals surface area contributed by atoms with Crippen molar-refractivity contribution in [3.05, 3.63) is 40.4 Å². The van der Waals surface area contributed by atoms with Gasteiger partial charge in [0.2, 0.25) is 11.5 Å². The highest BCUT2D eigenvalue weighted by molar-refractivity contribution is 7.80. The number of carboxylic acid groups (broad SMARTS) is 1. The highest BCUT2D eigenvalue weighted by Gasteiger charge is 2.58. The number of rotatable bonds is 15. The van der Waals surface area contributed by atoms with Gasteiger partial charge >= 0.3 is 16.4 Å². The number of hydrogen-bond acceptors (Lipinski definition) is 14. The SMILES string of the molecule is CC1(C)[C@H](NC(=O)C(NO[C@](C)(C(=O)O)[C@H]2CCc3cc(C(N)=NC[C@@H]4C[C@H]4CCN)ccc3O2)c2csc(N)n2)C(=O)N1OS(=O)(=O)O. The minimum atomic E-state index is -5.02. The monoisotopic (exact) mass is 724 g/mol. The Hall–Kier alpha value is -3.92. The van der Waals surface area contributed by atoms with Crippen molar-refractivity contribution in [2.24, 2.45) is 28.3 Å². The van der Waals surface area contributed by atoms with Gasteiger partial charge in [-0.3, -0.25) is 24.0 Å². The van der Waals surface area contributed by atoms with Gasteiger partial charge in [0, 0.05) is 17.5 Å². The van der Waals surface area contributed by atoms with Crippen molar-refractivity contribution < 1.29 is 46.3 Å². The molecule has 2 aromatic rings. The minimum Gasteiger partial charge on any atom is -0.486 e. The van der Waals surface area contributed by atoms with Crippen LogP contribution in [0.15, 0.2) is 28.6 Å². The number of carbonyl (C=O) groups excluding carboxylic acids is 2. The average molecular weight is 725 g/mol. The summed E-state index contributed by atoms with van der Waals surface area (Å²) in [5, 5.41) is 14.7. The molecule has 2 amide bonds. The van der Waals surface area contributed by atoms with E-state index in [0.717, 1.165) is 35.3 Å². The van der Waals surface area contributed by atoms with Crippen molar-refractivity contribution in [3.8, 4) is 5.75 Å². The maximum atomic E-state index is 13.5. The quantitative estimate of drug-likeness (QED) is 0.0420. The molecule has 5 rings (SSSR count). The van der Waals surface area contributed by atoms with Gasteiger partial charge in [-0.05, 0) is 88.6 Å². The number of hydrogen-bond donors (Lipinski definition) is 7. The second-order valence-electron chi connectivity index (χ2n) is 12.9. The van der Waals surface area contributed by atoms with Gasteiger partial charge < -0.3 is 32.4 Å². The highest BCUT2D eigenvalue weighted by Crippen LogP contribution is 2.41. The molecule has 3 aliphatic rings. The zero-order chi connectivity index (χ0) is 35.9. The number of fused-ring (bicyclic) bond motifs is 1. The van der Waals surface area contributed by atoms with Gasteiger partial charge in [-0.2, -0.15) is 19.0 Å². The van der Waals surface area contributed by atoms with E-state index in [0.29, 0.717) is 48.0 Å². The van der Waals surface area contributed by atoms with E-state index in [1.165, 1.54) is 26.2 Å². The van der Waals surface area contributed by atoms with Crippen LogP contribution in [-0.4, -0.2) is 88.1 Å². The van der Waals surface area contributed by atoms with Crippen molar-refractivity contribution in [2.75, 3.05) is 18.8 Å². The summed E-state index contributed by atoms with van der Waals surface area (Å²) in [5.74, 6) is -1.29. The number of thiazole rings is 1. The lowest BCUT2D eigenvalue weighted by Gasteiger charge is -2.50. The van der Waals surface area contributed by atoms with Crippen LogP contribution in [-0.2, 0) is 40.3 Å². The number of amides is 2. The van der Waals surface area contributed by atoms with Gasteiger partial charge in [-0.15, -0.1) is 15.6 Å². The summed E-state index contributed by atoms with van der Waals surface area (Å²) in [4.78, 5) is 53.2. The fourth-order valence-electron chi connectivity index (χ4n) is 5.90. The number of carboxylic acids is 1. The molecule has 268 valence electrons. The number of amidine groups is 1. The van der Waals surface area contributed by atoms with E-state index in [2.05, 4.69) is 25.1 Å². The van der Waals surface area contributed by atoms with E-state index in [4.69, 9.17) is 31.3 Å². The molecule has 2 fully saturated rings. The smallest absolute Gasteiger partial charge is 0.418 e.